The second-order valence-electron chi connectivity index (χ2n) is 5.93. The third-order valence-corrected chi connectivity index (χ3v) is 4.48. The van der Waals surface area contributed by atoms with Crippen molar-refractivity contribution in [2.75, 3.05) is 32.8 Å². The Bertz CT molecular complexity index is 442. The molecule has 0 spiro atoms. The minimum absolute atomic E-state index is 0.755. The van der Waals surface area contributed by atoms with Crippen molar-refractivity contribution in [1.82, 2.24) is 10.2 Å². The Morgan fingerprint density at radius 1 is 1.20 bits per heavy atom. The smallest absolute Gasteiger partial charge is 0.121 e. The van der Waals surface area contributed by atoms with Gasteiger partial charge in [-0.1, -0.05) is 18.0 Å². The van der Waals surface area contributed by atoms with Crippen LogP contribution in [0.1, 0.15) is 24.8 Å². The lowest BCUT2D eigenvalue weighted by Crippen LogP contribution is -2.42. The molecule has 0 amide bonds. The van der Waals surface area contributed by atoms with Crippen molar-refractivity contribution >= 4 is 11.6 Å². The van der Waals surface area contributed by atoms with E-state index in [1.165, 1.54) is 24.8 Å². The van der Waals surface area contributed by atoms with Gasteiger partial charge in [0.15, 0.2) is 0 Å². The molecule has 3 rings (SSSR count). The maximum Gasteiger partial charge on any atom is 0.121 e. The van der Waals surface area contributed by atoms with Crippen molar-refractivity contribution in [2.45, 2.75) is 25.8 Å². The molecule has 1 heterocycles. The van der Waals surface area contributed by atoms with Crippen LogP contribution in [0.3, 0.4) is 0 Å². The van der Waals surface area contributed by atoms with Crippen LogP contribution in [0.5, 0.6) is 5.75 Å². The van der Waals surface area contributed by atoms with Crippen LogP contribution in [0.25, 0.3) is 0 Å². The molecule has 0 aromatic heterocycles. The second kappa shape index (κ2) is 6.79. The van der Waals surface area contributed by atoms with E-state index in [4.69, 9.17) is 16.3 Å². The fourth-order valence-electron chi connectivity index (χ4n) is 2.80. The van der Waals surface area contributed by atoms with Crippen LogP contribution in [-0.2, 0) is 6.54 Å². The van der Waals surface area contributed by atoms with Crippen LogP contribution in [0.15, 0.2) is 18.2 Å². The van der Waals surface area contributed by atoms with Gasteiger partial charge in [0.05, 0.1) is 6.61 Å². The molecule has 1 aromatic rings. The Balaban J connectivity index is 1.59. The predicted octanol–water partition coefficient (Wildman–Crippen LogP) is 2.92. The molecule has 20 heavy (non-hydrogen) atoms. The van der Waals surface area contributed by atoms with Gasteiger partial charge in [-0.15, -0.1) is 0 Å². The zero-order chi connectivity index (χ0) is 13.8. The van der Waals surface area contributed by atoms with Gasteiger partial charge in [0.1, 0.15) is 5.75 Å². The highest BCUT2D eigenvalue weighted by molar-refractivity contribution is 6.30. The first-order valence-corrected chi connectivity index (χ1v) is 8.03. The Hall–Kier alpha value is -0.770. The van der Waals surface area contributed by atoms with Crippen molar-refractivity contribution in [3.63, 3.8) is 0 Å². The first kappa shape index (κ1) is 14.2. The number of halogens is 1. The van der Waals surface area contributed by atoms with Crippen molar-refractivity contribution in [1.29, 1.82) is 0 Å². The molecular formula is C16H23ClN2O. The highest BCUT2D eigenvalue weighted by Crippen LogP contribution is 2.28. The second-order valence-corrected chi connectivity index (χ2v) is 6.37. The van der Waals surface area contributed by atoms with E-state index in [9.17, 15) is 0 Å². The van der Waals surface area contributed by atoms with Gasteiger partial charge in [0, 0.05) is 37.7 Å². The summed E-state index contributed by atoms with van der Waals surface area (Å²) in [6.07, 6.45) is 3.99. The minimum atomic E-state index is 0.755. The number of hydrogen-bond donors (Lipinski definition) is 1. The van der Waals surface area contributed by atoms with E-state index in [2.05, 4.69) is 22.3 Å². The van der Waals surface area contributed by atoms with E-state index in [1.807, 2.05) is 6.07 Å². The standard InChI is InChI=1S/C16H23ClN2O/c17-15-8-14(11-19-6-4-18-5-7-19)9-16(10-15)20-12-13-2-1-3-13/h8-10,13,18H,1-7,11-12H2. The van der Waals surface area contributed by atoms with Crippen molar-refractivity contribution in [3.05, 3.63) is 28.8 Å². The molecule has 1 saturated heterocycles. The summed E-state index contributed by atoms with van der Waals surface area (Å²) < 4.78 is 5.91. The molecule has 2 aliphatic rings. The van der Waals surface area contributed by atoms with Gasteiger partial charge < -0.3 is 10.1 Å². The van der Waals surface area contributed by atoms with Crippen LogP contribution >= 0.6 is 11.6 Å². The van der Waals surface area contributed by atoms with Gasteiger partial charge in [0.25, 0.3) is 0 Å². The lowest BCUT2D eigenvalue weighted by molar-refractivity contribution is 0.180. The summed E-state index contributed by atoms with van der Waals surface area (Å²) in [6, 6.07) is 6.13. The van der Waals surface area contributed by atoms with Crippen molar-refractivity contribution in [2.24, 2.45) is 5.92 Å². The van der Waals surface area contributed by atoms with Crippen molar-refractivity contribution < 1.29 is 4.74 Å². The SMILES string of the molecule is Clc1cc(CN2CCNCC2)cc(OCC2CCC2)c1. The van der Waals surface area contributed by atoms with Crippen LogP contribution in [0.2, 0.25) is 5.02 Å². The van der Waals surface area contributed by atoms with Gasteiger partial charge in [-0.2, -0.15) is 0 Å². The van der Waals surface area contributed by atoms with Gasteiger partial charge in [0.2, 0.25) is 0 Å². The first-order valence-electron chi connectivity index (χ1n) is 7.65. The largest absolute Gasteiger partial charge is 0.493 e. The zero-order valence-electron chi connectivity index (χ0n) is 11.9. The number of nitrogens with zero attached hydrogens (tertiary/aromatic N) is 1. The number of hydrogen-bond acceptors (Lipinski definition) is 3. The maximum absolute atomic E-state index is 6.22. The lowest BCUT2D eigenvalue weighted by Gasteiger charge is -2.27. The highest BCUT2D eigenvalue weighted by Gasteiger charge is 2.18. The molecule has 2 fully saturated rings. The van der Waals surface area contributed by atoms with E-state index >= 15 is 0 Å². The summed E-state index contributed by atoms with van der Waals surface area (Å²) in [5.41, 5.74) is 1.25. The van der Waals surface area contributed by atoms with E-state index in [0.29, 0.717) is 0 Å². The minimum Gasteiger partial charge on any atom is -0.493 e. The molecule has 1 N–H and O–H groups in total. The molecule has 0 radical (unpaired) electrons. The van der Waals surface area contributed by atoms with E-state index in [0.717, 1.165) is 56.0 Å². The Morgan fingerprint density at radius 3 is 2.70 bits per heavy atom. The number of ether oxygens (including phenoxy) is 1. The third kappa shape index (κ3) is 3.87. The molecular weight excluding hydrogens is 272 g/mol. The summed E-state index contributed by atoms with van der Waals surface area (Å²) in [5, 5.41) is 4.16. The third-order valence-electron chi connectivity index (χ3n) is 4.26. The van der Waals surface area contributed by atoms with Crippen LogP contribution in [-0.4, -0.2) is 37.7 Å². The number of nitrogens with one attached hydrogen (secondary N) is 1. The average Bonchev–Trinajstić information content (AvgIpc) is 2.37. The van der Waals surface area contributed by atoms with Gasteiger partial charge in [-0.25, -0.2) is 0 Å². The average molecular weight is 295 g/mol. The topological polar surface area (TPSA) is 24.5 Å². The Labute approximate surface area is 126 Å². The molecule has 0 unspecified atom stereocenters. The molecule has 110 valence electrons. The monoisotopic (exact) mass is 294 g/mol. The Morgan fingerprint density at radius 2 is 2.00 bits per heavy atom. The fraction of sp³-hybridized carbons (Fsp3) is 0.625. The quantitative estimate of drug-likeness (QED) is 0.904. The van der Waals surface area contributed by atoms with Crippen molar-refractivity contribution in [3.8, 4) is 5.75 Å². The van der Waals surface area contributed by atoms with Crippen LogP contribution in [0.4, 0.5) is 0 Å². The molecule has 1 aromatic carbocycles. The molecule has 1 aliphatic carbocycles. The summed E-state index contributed by atoms with van der Waals surface area (Å²) in [7, 11) is 0. The number of piperazine rings is 1. The van der Waals surface area contributed by atoms with Crippen LogP contribution in [0, 0.1) is 5.92 Å². The molecule has 3 nitrogen and oxygen atoms in total. The van der Waals surface area contributed by atoms with Gasteiger partial charge in [-0.3, -0.25) is 4.90 Å². The number of benzene rings is 1. The molecule has 0 atom stereocenters. The molecule has 1 saturated carbocycles. The van der Waals surface area contributed by atoms with E-state index in [-0.39, 0.29) is 0 Å². The van der Waals surface area contributed by atoms with E-state index in [1.54, 1.807) is 0 Å². The summed E-state index contributed by atoms with van der Waals surface area (Å²) in [4.78, 5) is 2.46. The summed E-state index contributed by atoms with van der Waals surface area (Å²) in [5.74, 6) is 1.68. The fourth-order valence-corrected chi connectivity index (χ4v) is 3.04. The maximum atomic E-state index is 6.22. The molecule has 0 bridgehead atoms. The number of rotatable bonds is 5. The normalized spacial score (nSPS) is 20.6. The van der Waals surface area contributed by atoms with E-state index < -0.39 is 0 Å². The molecule has 4 heteroatoms. The predicted molar refractivity (Wildman–Crippen MR) is 82.4 cm³/mol. The first-order chi connectivity index (χ1) is 9.79. The zero-order valence-corrected chi connectivity index (χ0v) is 12.7. The summed E-state index contributed by atoms with van der Waals surface area (Å²) >= 11 is 6.22. The van der Waals surface area contributed by atoms with Gasteiger partial charge >= 0.3 is 0 Å². The lowest BCUT2D eigenvalue weighted by atomic mass is 9.86. The van der Waals surface area contributed by atoms with Crippen LogP contribution < -0.4 is 10.1 Å². The highest BCUT2D eigenvalue weighted by atomic mass is 35.5. The molecule has 1 aliphatic heterocycles. The Kier molecular flexibility index (Phi) is 4.81. The van der Waals surface area contributed by atoms with Gasteiger partial charge in [-0.05, 0) is 42.5 Å². The summed E-state index contributed by atoms with van der Waals surface area (Å²) in [6.45, 7) is 6.15.